The van der Waals surface area contributed by atoms with Crippen molar-refractivity contribution in [2.75, 3.05) is 13.7 Å². The smallest absolute Gasteiger partial charge is 0.122 e. The first-order chi connectivity index (χ1) is 15.4. The van der Waals surface area contributed by atoms with Gasteiger partial charge in [0.2, 0.25) is 0 Å². The maximum absolute atomic E-state index is 6.41. The molecule has 0 saturated carbocycles. The molecule has 2 atom stereocenters. The fourth-order valence-electron chi connectivity index (χ4n) is 5.42. The molecular weight excluding hydrogens is 392 g/mol. The van der Waals surface area contributed by atoms with E-state index in [2.05, 4.69) is 77.3 Å². The molecule has 1 aromatic rings. The summed E-state index contributed by atoms with van der Waals surface area (Å²) in [7, 11) is 1.73. The second-order valence-corrected chi connectivity index (χ2v) is 9.29. The predicted octanol–water partition coefficient (Wildman–Crippen LogP) is 8.61. The van der Waals surface area contributed by atoms with Crippen LogP contribution in [0.4, 0.5) is 0 Å². The second kappa shape index (κ2) is 12.9. The van der Waals surface area contributed by atoms with Crippen molar-refractivity contribution in [3.63, 3.8) is 0 Å². The first-order valence-electron chi connectivity index (χ1n) is 12.4. The number of hydrogen-bond donors (Lipinski definition) is 0. The molecule has 0 N–H and O–H groups in total. The molecule has 2 heteroatoms. The molecule has 0 aromatic heterocycles. The summed E-state index contributed by atoms with van der Waals surface area (Å²) < 4.78 is 11.9. The van der Waals surface area contributed by atoms with E-state index in [9.17, 15) is 0 Å². The molecule has 32 heavy (non-hydrogen) atoms. The molecule has 0 aliphatic heterocycles. The van der Waals surface area contributed by atoms with Crippen LogP contribution in [0.5, 0.6) is 5.75 Å². The van der Waals surface area contributed by atoms with Gasteiger partial charge >= 0.3 is 0 Å². The Morgan fingerprint density at radius 3 is 2.66 bits per heavy atom. The Kier molecular flexibility index (Phi) is 10.6. The molecule has 0 fully saturated rings. The average molecular weight is 437 g/mol. The van der Waals surface area contributed by atoms with E-state index in [1.807, 2.05) is 0 Å². The molecule has 0 radical (unpaired) electrons. The van der Waals surface area contributed by atoms with Crippen LogP contribution in [0.15, 0.2) is 53.8 Å². The van der Waals surface area contributed by atoms with Crippen LogP contribution in [-0.2, 0) is 4.74 Å². The van der Waals surface area contributed by atoms with Crippen LogP contribution < -0.4 is 4.74 Å². The quantitative estimate of drug-likeness (QED) is 0.241. The zero-order valence-electron chi connectivity index (χ0n) is 21.4. The monoisotopic (exact) mass is 436 g/mol. The van der Waals surface area contributed by atoms with Gasteiger partial charge in [-0.3, -0.25) is 0 Å². The maximum atomic E-state index is 6.41. The molecule has 0 bridgehead atoms. The van der Waals surface area contributed by atoms with Crippen LogP contribution in [-0.4, -0.2) is 19.8 Å². The van der Waals surface area contributed by atoms with E-state index in [1.165, 1.54) is 30.4 Å². The van der Waals surface area contributed by atoms with Gasteiger partial charge in [0, 0.05) is 17.6 Å². The molecule has 2 rings (SSSR count). The average Bonchev–Trinajstić information content (AvgIpc) is 2.78. The van der Waals surface area contributed by atoms with Crippen molar-refractivity contribution in [2.45, 2.75) is 92.1 Å². The Morgan fingerprint density at radius 1 is 1.25 bits per heavy atom. The Balaban J connectivity index is 2.20. The van der Waals surface area contributed by atoms with Gasteiger partial charge in [0.05, 0.1) is 13.2 Å². The van der Waals surface area contributed by atoms with Gasteiger partial charge in [-0.05, 0) is 89.8 Å². The van der Waals surface area contributed by atoms with Crippen molar-refractivity contribution in [1.29, 1.82) is 0 Å². The third-order valence-electron chi connectivity index (χ3n) is 7.12. The van der Waals surface area contributed by atoms with Gasteiger partial charge in [-0.15, -0.1) is 5.73 Å². The van der Waals surface area contributed by atoms with E-state index in [1.54, 1.807) is 18.3 Å². The normalized spacial score (nSPS) is 21.1. The number of allylic oxidation sites excluding steroid dienone is 4. The lowest BCUT2D eigenvalue weighted by atomic mass is 9.64. The zero-order chi connectivity index (χ0) is 23.6. The molecule has 1 aromatic carbocycles. The maximum Gasteiger partial charge on any atom is 0.122 e. The van der Waals surface area contributed by atoms with E-state index < -0.39 is 0 Å². The number of ether oxygens (including phenoxy) is 2. The van der Waals surface area contributed by atoms with Crippen LogP contribution >= 0.6 is 0 Å². The minimum atomic E-state index is 0.228. The molecule has 1 aliphatic carbocycles. The Bertz CT molecular complexity index is 854. The lowest BCUT2D eigenvalue weighted by Gasteiger charge is -2.45. The molecule has 1 aliphatic rings. The zero-order valence-corrected chi connectivity index (χ0v) is 21.4. The molecule has 0 saturated heterocycles. The fourth-order valence-corrected chi connectivity index (χ4v) is 5.42. The van der Waals surface area contributed by atoms with E-state index in [0.717, 1.165) is 50.0 Å². The molecule has 176 valence electrons. The van der Waals surface area contributed by atoms with Gasteiger partial charge in [0.1, 0.15) is 5.75 Å². The van der Waals surface area contributed by atoms with Crippen molar-refractivity contribution < 1.29 is 9.47 Å². The summed E-state index contributed by atoms with van der Waals surface area (Å²) in [6.45, 7) is 15.7. The minimum Gasteiger partial charge on any atom is -0.496 e. The first kappa shape index (κ1) is 26.2. The summed E-state index contributed by atoms with van der Waals surface area (Å²) >= 11 is 0. The number of benzene rings is 1. The first-order valence-corrected chi connectivity index (χ1v) is 12.4. The van der Waals surface area contributed by atoms with Crippen LogP contribution in [0.1, 0.15) is 90.2 Å². The topological polar surface area (TPSA) is 18.5 Å². The third-order valence-corrected chi connectivity index (χ3v) is 7.12. The Morgan fingerprint density at radius 2 is 2.03 bits per heavy atom. The van der Waals surface area contributed by atoms with Crippen molar-refractivity contribution in [3.8, 4) is 5.75 Å². The molecule has 0 heterocycles. The molecule has 0 spiro atoms. The lowest BCUT2D eigenvalue weighted by molar-refractivity contribution is -0.0527. The molecule has 2 nitrogen and oxygen atoms in total. The summed E-state index contributed by atoms with van der Waals surface area (Å²) in [5, 5.41) is 0. The van der Waals surface area contributed by atoms with E-state index in [0.29, 0.717) is 6.10 Å². The van der Waals surface area contributed by atoms with Crippen LogP contribution in [0, 0.1) is 12.3 Å². The van der Waals surface area contributed by atoms with Crippen LogP contribution in [0.2, 0.25) is 0 Å². The van der Waals surface area contributed by atoms with E-state index in [4.69, 9.17) is 9.47 Å². The van der Waals surface area contributed by atoms with Crippen LogP contribution in [0.3, 0.4) is 0 Å². The van der Waals surface area contributed by atoms with Crippen LogP contribution in [0.25, 0.3) is 5.57 Å². The highest BCUT2D eigenvalue weighted by atomic mass is 16.5. The van der Waals surface area contributed by atoms with E-state index in [-0.39, 0.29) is 5.41 Å². The fraction of sp³-hybridized carbons (Fsp3) is 0.567. The van der Waals surface area contributed by atoms with Gasteiger partial charge in [-0.2, -0.15) is 0 Å². The van der Waals surface area contributed by atoms with Gasteiger partial charge in [0.25, 0.3) is 0 Å². The summed E-state index contributed by atoms with van der Waals surface area (Å²) in [5.74, 6) is 0.927. The number of aryl methyl sites for hydroxylation is 1. The van der Waals surface area contributed by atoms with Gasteiger partial charge < -0.3 is 9.47 Å². The summed E-state index contributed by atoms with van der Waals surface area (Å²) in [4.78, 5) is 0. The number of methoxy groups -OCH3 is 1. The van der Waals surface area contributed by atoms with Gasteiger partial charge in [-0.1, -0.05) is 55.4 Å². The lowest BCUT2D eigenvalue weighted by Crippen LogP contribution is -2.41. The van der Waals surface area contributed by atoms with Crippen molar-refractivity contribution in [3.05, 3.63) is 64.9 Å². The SMILES string of the molecule is C=C=C(CCCC1(CCC)CC(C)=C(C/C=C\C)CC1OCC)c1ccc(C)c(OC)c1. The largest absolute Gasteiger partial charge is 0.496 e. The number of hydrogen-bond acceptors (Lipinski definition) is 2. The minimum absolute atomic E-state index is 0.228. The standard InChI is InChI=1S/C30H44O2/c1-8-12-14-26-21-29(32-11-4)30(18-9-2,22-24(26)6)19-13-15-25(10-3)27-17-16-23(5)28(20-27)31-7/h8,12,16-17,20,29H,3,9,11,13-15,18-19,21-22H2,1-2,4-7H3/b12-8-. The summed E-state index contributed by atoms with van der Waals surface area (Å²) in [6, 6.07) is 6.41. The Hall–Kier alpha value is -2.02. The molecule has 0 amide bonds. The molecular formula is C30H44O2. The highest BCUT2D eigenvalue weighted by Gasteiger charge is 2.41. The van der Waals surface area contributed by atoms with Crippen molar-refractivity contribution >= 4 is 5.57 Å². The third kappa shape index (κ3) is 6.50. The predicted molar refractivity (Wildman–Crippen MR) is 138 cm³/mol. The van der Waals surface area contributed by atoms with Gasteiger partial charge in [0.15, 0.2) is 0 Å². The van der Waals surface area contributed by atoms with Crippen molar-refractivity contribution in [2.24, 2.45) is 5.41 Å². The molecule has 2 unspecified atom stereocenters. The second-order valence-electron chi connectivity index (χ2n) is 9.29. The Labute approximate surface area is 197 Å². The summed E-state index contributed by atoms with van der Waals surface area (Å²) in [5.41, 5.74) is 10.1. The highest BCUT2D eigenvalue weighted by Crippen LogP contribution is 2.49. The van der Waals surface area contributed by atoms with E-state index >= 15 is 0 Å². The van der Waals surface area contributed by atoms with Crippen molar-refractivity contribution in [1.82, 2.24) is 0 Å². The summed E-state index contributed by atoms with van der Waals surface area (Å²) in [6.07, 6.45) is 13.7. The number of rotatable bonds is 12. The highest BCUT2D eigenvalue weighted by molar-refractivity contribution is 5.66. The van der Waals surface area contributed by atoms with Gasteiger partial charge in [-0.25, -0.2) is 0 Å².